The van der Waals surface area contributed by atoms with Crippen molar-refractivity contribution in [2.75, 3.05) is 21.3 Å². The van der Waals surface area contributed by atoms with Gasteiger partial charge in [0.2, 0.25) is 5.88 Å². The number of ether oxygens (including phenoxy) is 4. The maximum atomic E-state index is 13.7. The van der Waals surface area contributed by atoms with Gasteiger partial charge in [-0.05, 0) is 18.2 Å². The number of carbonyl (C=O) groups is 1. The number of nitrogens with zero attached hydrogens (tertiary/aromatic N) is 1. The van der Waals surface area contributed by atoms with Gasteiger partial charge in [0.15, 0.2) is 17.3 Å². The Hall–Kier alpha value is -2.90. The van der Waals surface area contributed by atoms with E-state index in [1.54, 1.807) is 0 Å². The summed E-state index contributed by atoms with van der Waals surface area (Å²) >= 11 is 0. The van der Waals surface area contributed by atoms with Crippen molar-refractivity contribution in [2.24, 2.45) is 0 Å². The number of rotatable bonds is 5. The first-order valence-corrected chi connectivity index (χ1v) is 6.34. The SMILES string of the molecule is COC(=O)c1cc(F)c(OC)nc1Oc1ccc(F)cc1OC. The van der Waals surface area contributed by atoms with Gasteiger partial charge in [-0.1, -0.05) is 0 Å². The minimum absolute atomic E-state index is 0.0749. The molecule has 6 nitrogen and oxygen atoms in total. The van der Waals surface area contributed by atoms with Crippen LogP contribution in [0.5, 0.6) is 23.3 Å². The van der Waals surface area contributed by atoms with Gasteiger partial charge in [0, 0.05) is 6.07 Å². The summed E-state index contributed by atoms with van der Waals surface area (Å²) in [6.45, 7) is 0. The van der Waals surface area contributed by atoms with Gasteiger partial charge in [0.05, 0.1) is 21.3 Å². The van der Waals surface area contributed by atoms with Crippen LogP contribution >= 0.6 is 0 Å². The van der Waals surface area contributed by atoms with Crippen LogP contribution in [-0.2, 0) is 4.74 Å². The zero-order valence-corrected chi connectivity index (χ0v) is 12.6. The van der Waals surface area contributed by atoms with Crippen LogP contribution in [0.25, 0.3) is 0 Å². The average molecular weight is 325 g/mol. The molecule has 0 amide bonds. The molecule has 0 bridgehead atoms. The minimum atomic E-state index is -0.855. The van der Waals surface area contributed by atoms with Crippen LogP contribution in [0.1, 0.15) is 10.4 Å². The van der Waals surface area contributed by atoms with E-state index >= 15 is 0 Å². The molecule has 0 N–H and O–H groups in total. The monoisotopic (exact) mass is 325 g/mol. The Morgan fingerprint density at radius 3 is 2.35 bits per heavy atom. The number of benzene rings is 1. The van der Waals surface area contributed by atoms with Gasteiger partial charge >= 0.3 is 5.97 Å². The molecule has 122 valence electrons. The zero-order chi connectivity index (χ0) is 17.0. The smallest absolute Gasteiger partial charge is 0.343 e. The van der Waals surface area contributed by atoms with Crippen LogP contribution < -0.4 is 14.2 Å². The van der Waals surface area contributed by atoms with Crippen LogP contribution in [-0.4, -0.2) is 32.3 Å². The molecule has 1 aromatic heterocycles. The van der Waals surface area contributed by atoms with E-state index in [1.807, 2.05) is 0 Å². The summed E-state index contributed by atoms with van der Waals surface area (Å²) in [6, 6.07) is 4.39. The molecule has 0 aliphatic heterocycles. The highest BCUT2D eigenvalue weighted by atomic mass is 19.1. The first-order valence-electron chi connectivity index (χ1n) is 6.34. The summed E-state index contributed by atoms with van der Waals surface area (Å²) in [5.41, 5.74) is -0.253. The largest absolute Gasteiger partial charge is 0.493 e. The maximum Gasteiger partial charge on any atom is 0.343 e. The molecule has 2 rings (SSSR count). The molecule has 1 aromatic carbocycles. The van der Waals surface area contributed by atoms with E-state index in [9.17, 15) is 13.6 Å². The van der Waals surface area contributed by atoms with Crippen LogP contribution in [0.2, 0.25) is 0 Å². The highest BCUT2D eigenvalue weighted by Gasteiger charge is 2.21. The lowest BCUT2D eigenvalue weighted by Crippen LogP contribution is -2.08. The number of hydrogen-bond donors (Lipinski definition) is 0. The minimum Gasteiger partial charge on any atom is -0.493 e. The molecule has 0 radical (unpaired) electrons. The number of methoxy groups -OCH3 is 3. The second kappa shape index (κ2) is 6.91. The van der Waals surface area contributed by atoms with Gasteiger partial charge in [0.25, 0.3) is 5.88 Å². The topological polar surface area (TPSA) is 66.9 Å². The Balaban J connectivity index is 2.51. The summed E-state index contributed by atoms with van der Waals surface area (Å²) in [4.78, 5) is 15.5. The van der Waals surface area contributed by atoms with Crippen molar-refractivity contribution in [1.29, 1.82) is 0 Å². The predicted molar refractivity (Wildman–Crippen MR) is 75.1 cm³/mol. The van der Waals surface area contributed by atoms with Crippen molar-refractivity contribution in [3.8, 4) is 23.3 Å². The number of halogens is 2. The number of aromatic nitrogens is 1. The van der Waals surface area contributed by atoms with Crippen molar-refractivity contribution in [2.45, 2.75) is 0 Å². The van der Waals surface area contributed by atoms with E-state index in [4.69, 9.17) is 14.2 Å². The van der Waals surface area contributed by atoms with Gasteiger partial charge in [-0.3, -0.25) is 0 Å². The van der Waals surface area contributed by atoms with Gasteiger partial charge in [-0.15, -0.1) is 0 Å². The molecule has 23 heavy (non-hydrogen) atoms. The fourth-order valence-electron chi connectivity index (χ4n) is 1.76. The average Bonchev–Trinajstić information content (AvgIpc) is 2.56. The standard InChI is InChI=1S/C15H13F2NO5/c1-20-12-6-8(16)4-5-11(12)23-13-9(15(19)22-3)7-10(17)14(18-13)21-2/h4-7H,1-3H3. The molecule has 0 atom stereocenters. The lowest BCUT2D eigenvalue weighted by atomic mass is 10.2. The van der Waals surface area contributed by atoms with E-state index in [1.165, 1.54) is 20.3 Å². The Labute approximate surface area is 130 Å². The number of esters is 1. The van der Waals surface area contributed by atoms with Crippen LogP contribution in [0.3, 0.4) is 0 Å². The molecule has 0 spiro atoms. The fourth-order valence-corrected chi connectivity index (χ4v) is 1.76. The van der Waals surface area contributed by atoms with E-state index in [0.717, 1.165) is 25.3 Å². The van der Waals surface area contributed by atoms with E-state index in [0.29, 0.717) is 0 Å². The summed E-state index contributed by atoms with van der Waals surface area (Å²) in [6.07, 6.45) is 0. The molecule has 0 aliphatic rings. The van der Waals surface area contributed by atoms with E-state index in [2.05, 4.69) is 9.72 Å². The lowest BCUT2D eigenvalue weighted by Gasteiger charge is -2.13. The Morgan fingerprint density at radius 1 is 1.00 bits per heavy atom. The fraction of sp³-hybridized carbons (Fsp3) is 0.200. The second-order valence-electron chi connectivity index (χ2n) is 4.22. The van der Waals surface area contributed by atoms with Gasteiger partial charge in [-0.2, -0.15) is 4.98 Å². The molecule has 0 saturated carbocycles. The Morgan fingerprint density at radius 2 is 1.74 bits per heavy atom. The van der Waals surface area contributed by atoms with Crippen LogP contribution in [0.15, 0.2) is 24.3 Å². The third-order valence-electron chi connectivity index (χ3n) is 2.84. The highest BCUT2D eigenvalue weighted by molar-refractivity contribution is 5.92. The number of pyridine rings is 1. The molecule has 0 unspecified atom stereocenters. The molecule has 1 heterocycles. The maximum absolute atomic E-state index is 13.7. The number of hydrogen-bond acceptors (Lipinski definition) is 6. The summed E-state index contributed by atoms with van der Waals surface area (Å²) < 4.78 is 46.7. The van der Waals surface area contributed by atoms with E-state index in [-0.39, 0.29) is 28.8 Å². The van der Waals surface area contributed by atoms with Gasteiger partial charge in [-0.25, -0.2) is 13.6 Å². The third-order valence-corrected chi connectivity index (χ3v) is 2.84. The third kappa shape index (κ3) is 3.47. The molecular formula is C15H13F2NO5. The van der Waals surface area contributed by atoms with Gasteiger partial charge in [0.1, 0.15) is 11.4 Å². The Bertz CT molecular complexity index is 736. The number of carbonyl (C=O) groups excluding carboxylic acids is 1. The molecule has 2 aromatic rings. The lowest BCUT2D eigenvalue weighted by molar-refractivity contribution is 0.0596. The van der Waals surface area contributed by atoms with Crippen molar-refractivity contribution in [3.05, 3.63) is 41.5 Å². The second-order valence-corrected chi connectivity index (χ2v) is 4.22. The first kappa shape index (κ1) is 16.5. The zero-order valence-electron chi connectivity index (χ0n) is 12.6. The highest BCUT2D eigenvalue weighted by Crippen LogP contribution is 2.34. The normalized spacial score (nSPS) is 10.1. The Kier molecular flexibility index (Phi) is 4.95. The summed E-state index contributed by atoms with van der Waals surface area (Å²) in [5, 5.41) is 0. The molecule has 8 heteroatoms. The predicted octanol–water partition coefficient (Wildman–Crippen LogP) is 2.96. The van der Waals surface area contributed by atoms with Crippen molar-refractivity contribution in [3.63, 3.8) is 0 Å². The molecule has 0 aliphatic carbocycles. The van der Waals surface area contributed by atoms with Crippen LogP contribution in [0, 0.1) is 11.6 Å². The first-order chi connectivity index (χ1) is 11.0. The van der Waals surface area contributed by atoms with Gasteiger partial charge < -0.3 is 18.9 Å². The molecular weight excluding hydrogens is 312 g/mol. The summed E-state index contributed by atoms with van der Waals surface area (Å²) in [7, 11) is 3.67. The van der Waals surface area contributed by atoms with E-state index < -0.39 is 17.6 Å². The van der Waals surface area contributed by atoms with Crippen LogP contribution in [0.4, 0.5) is 8.78 Å². The molecule has 0 saturated heterocycles. The summed E-state index contributed by atoms with van der Waals surface area (Å²) in [5.74, 6) is -2.71. The van der Waals surface area contributed by atoms with Crippen molar-refractivity contribution in [1.82, 2.24) is 4.98 Å². The van der Waals surface area contributed by atoms with Crippen molar-refractivity contribution >= 4 is 5.97 Å². The van der Waals surface area contributed by atoms with Crippen molar-refractivity contribution < 1.29 is 32.5 Å². The molecule has 0 fully saturated rings. The quantitative estimate of drug-likeness (QED) is 0.788.